The largest absolute Gasteiger partial charge is 0.381 e. The van der Waals surface area contributed by atoms with Crippen LogP contribution in [0.3, 0.4) is 0 Å². The Kier molecular flexibility index (Phi) is 10.7. The predicted molar refractivity (Wildman–Crippen MR) is 122 cm³/mol. The van der Waals surface area contributed by atoms with Crippen LogP contribution in [-0.2, 0) is 22.6 Å². The highest BCUT2D eigenvalue weighted by Crippen LogP contribution is 2.18. The monoisotopic (exact) mass is 417 g/mol. The van der Waals surface area contributed by atoms with Gasteiger partial charge in [-0.25, -0.2) is 0 Å². The maximum Gasteiger partial charge on any atom is 0.221 e. The third-order valence-electron chi connectivity index (χ3n) is 5.20. The molecule has 30 heavy (non-hydrogen) atoms. The van der Waals surface area contributed by atoms with E-state index in [0.717, 1.165) is 64.6 Å². The Labute approximate surface area is 181 Å². The maximum absolute atomic E-state index is 11.5. The minimum absolute atomic E-state index is 0.0197. The molecule has 0 saturated carbocycles. The Balaban J connectivity index is 1.74. The van der Waals surface area contributed by atoms with Gasteiger partial charge in [-0.3, -0.25) is 14.7 Å². The molecular weight excluding hydrogens is 378 g/mol. The van der Waals surface area contributed by atoms with E-state index >= 15 is 0 Å². The summed E-state index contributed by atoms with van der Waals surface area (Å²) in [6.07, 6.45) is 2.89. The van der Waals surface area contributed by atoms with Crippen molar-refractivity contribution in [2.75, 3.05) is 39.9 Å². The molecule has 7 nitrogen and oxygen atoms in total. The second kappa shape index (κ2) is 13.2. The SMILES string of the molecule is CN=C(NCCCOCC(C)C)NCc1cccc(CN2CCCC(C(N)=O)C2)c1. The summed E-state index contributed by atoms with van der Waals surface area (Å²) < 4.78 is 5.61. The predicted octanol–water partition coefficient (Wildman–Crippen LogP) is 2.11. The van der Waals surface area contributed by atoms with Crippen molar-refractivity contribution in [1.82, 2.24) is 15.5 Å². The number of carbonyl (C=O) groups is 1. The minimum atomic E-state index is -0.178. The molecule has 0 aromatic heterocycles. The van der Waals surface area contributed by atoms with Gasteiger partial charge in [0.15, 0.2) is 5.96 Å². The van der Waals surface area contributed by atoms with Gasteiger partial charge in [-0.2, -0.15) is 0 Å². The van der Waals surface area contributed by atoms with E-state index in [1.807, 2.05) is 0 Å². The van der Waals surface area contributed by atoms with Gasteiger partial charge in [0, 0.05) is 46.4 Å². The average Bonchev–Trinajstić information content (AvgIpc) is 2.73. The van der Waals surface area contributed by atoms with E-state index in [2.05, 4.69) is 58.6 Å². The van der Waals surface area contributed by atoms with Crippen molar-refractivity contribution >= 4 is 11.9 Å². The van der Waals surface area contributed by atoms with Gasteiger partial charge < -0.3 is 21.1 Å². The molecule has 0 aliphatic carbocycles. The van der Waals surface area contributed by atoms with Crippen LogP contribution in [0.25, 0.3) is 0 Å². The number of ether oxygens (including phenoxy) is 1. The normalized spacial score (nSPS) is 17.9. The van der Waals surface area contributed by atoms with Crippen LogP contribution < -0.4 is 16.4 Å². The molecule has 1 unspecified atom stereocenters. The zero-order valence-corrected chi connectivity index (χ0v) is 18.8. The highest BCUT2D eigenvalue weighted by atomic mass is 16.5. The van der Waals surface area contributed by atoms with Crippen molar-refractivity contribution in [2.45, 2.75) is 46.2 Å². The molecule has 7 heteroatoms. The molecule has 1 aromatic rings. The van der Waals surface area contributed by atoms with Crippen LogP contribution in [-0.4, -0.2) is 56.7 Å². The quantitative estimate of drug-likeness (QED) is 0.291. The van der Waals surface area contributed by atoms with Crippen LogP contribution in [0.1, 0.15) is 44.2 Å². The highest BCUT2D eigenvalue weighted by molar-refractivity contribution is 5.79. The van der Waals surface area contributed by atoms with Crippen LogP contribution in [0.15, 0.2) is 29.3 Å². The molecule has 1 aliphatic rings. The fraction of sp³-hybridized carbons (Fsp3) is 0.652. The zero-order chi connectivity index (χ0) is 21.8. The van der Waals surface area contributed by atoms with Crippen LogP contribution in [0.5, 0.6) is 0 Å². The third kappa shape index (κ3) is 9.13. The standard InChI is InChI=1S/C23H39N5O2/c1-18(2)17-30-12-6-10-26-23(25-3)27-14-19-7-4-8-20(13-19)15-28-11-5-9-21(16-28)22(24)29/h4,7-8,13,18,21H,5-6,9-12,14-17H2,1-3H3,(H2,24,29)(H2,25,26,27). The summed E-state index contributed by atoms with van der Waals surface area (Å²) in [5.41, 5.74) is 7.96. The number of nitrogens with two attached hydrogens (primary N) is 1. The van der Waals surface area contributed by atoms with Gasteiger partial charge in [0.05, 0.1) is 5.92 Å². The number of guanidine groups is 1. The molecule has 1 fully saturated rings. The van der Waals surface area contributed by atoms with Gasteiger partial charge >= 0.3 is 0 Å². The zero-order valence-electron chi connectivity index (χ0n) is 18.8. The van der Waals surface area contributed by atoms with Crippen molar-refractivity contribution in [3.8, 4) is 0 Å². The number of benzene rings is 1. The van der Waals surface area contributed by atoms with Crippen molar-refractivity contribution in [2.24, 2.45) is 22.6 Å². The maximum atomic E-state index is 11.5. The number of piperidine rings is 1. The van der Waals surface area contributed by atoms with Crippen molar-refractivity contribution in [3.63, 3.8) is 0 Å². The van der Waals surface area contributed by atoms with E-state index in [4.69, 9.17) is 10.5 Å². The van der Waals surface area contributed by atoms with Crippen LogP contribution >= 0.6 is 0 Å². The summed E-state index contributed by atoms with van der Waals surface area (Å²) in [5.74, 6) is 1.17. The lowest BCUT2D eigenvalue weighted by Crippen LogP contribution is -2.40. The van der Waals surface area contributed by atoms with Crippen LogP contribution in [0.4, 0.5) is 0 Å². The number of rotatable bonds is 11. The third-order valence-corrected chi connectivity index (χ3v) is 5.20. The van der Waals surface area contributed by atoms with E-state index in [1.165, 1.54) is 11.1 Å². The van der Waals surface area contributed by atoms with E-state index in [9.17, 15) is 4.79 Å². The van der Waals surface area contributed by atoms with Crippen molar-refractivity contribution in [3.05, 3.63) is 35.4 Å². The topological polar surface area (TPSA) is 92.0 Å². The van der Waals surface area contributed by atoms with E-state index in [-0.39, 0.29) is 11.8 Å². The first-order valence-electron chi connectivity index (χ1n) is 11.1. The van der Waals surface area contributed by atoms with Gasteiger partial charge in [-0.15, -0.1) is 0 Å². The number of nitrogens with zero attached hydrogens (tertiary/aromatic N) is 2. The highest BCUT2D eigenvalue weighted by Gasteiger charge is 2.23. The van der Waals surface area contributed by atoms with Crippen LogP contribution in [0.2, 0.25) is 0 Å². The Hall–Kier alpha value is -2.12. The summed E-state index contributed by atoms with van der Waals surface area (Å²) in [6.45, 7) is 10.0. The summed E-state index contributed by atoms with van der Waals surface area (Å²) in [7, 11) is 1.78. The van der Waals surface area contributed by atoms with Gasteiger partial charge in [0.1, 0.15) is 0 Å². The lowest BCUT2D eigenvalue weighted by molar-refractivity contribution is -0.123. The number of aliphatic imine (C=N–C) groups is 1. The Morgan fingerprint density at radius 2 is 2.13 bits per heavy atom. The second-order valence-corrected chi connectivity index (χ2v) is 8.47. The second-order valence-electron chi connectivity index (χ2n) is 8.47. The first kappa shape index (κ1) is 24.2. The Bertz CT molecular complexity index is 677. The number of carbonyl (C=O) groups excluding carboxylic acids is 1. The van der Waals surface area contributed by atoms with Gasteiger partial charge in [0.25, 0.3) is 0 Å². The van der Waals surface area contributed by atoms with Gasteiger partial charge in [-0.05, 0) is 42.9 Å². The molecule has 1 aliphatic heterocycles. The smallest absolute Gasteiger partial charge is 0.221 e. The molecule has 1 aromatic carbocycles. The molecule has 1 saturated heterocycles. The average molecular weight is 418 g/mol. The van der Waals surface area contributed by atoms with E-state index in [1.54, 1.807) is 7.05 Å². The molecule has 1 atom stereocenters. The number of primary amides is 1. The summed E-state index contributed by atoms with van der Waals surface area (Å²) in [4.78, 5) is 18.1. The molecule has 0 spiro atoms. The number of hydrogen-bond acceptors (Lipinski definition) is 4. The fourth-order valence-corrected chi connectivity index (χ4v) is 3.63. The molecule has 0 radical (unpaired) electrons. The van der Waals surface area contributed by atoms with E-state index in [0.29, 0.717) is 12.5 Å². The van der Waals surface area contributed by atoms with Crippen molar-refractivity contribution in [1.29, 1.82) is 0 Å². The van der Waals surface area contributed by atoms with Gasteiger partial charge in [0.2, 0.25) is 5.91 Å². The van der Waals surface area contributed by atoms with Gasteiger partial charge in [-0.1, -0.05) is 38.1 Å². The van der Waals surface area contributed by atoms with E-state index < -0.39 is 0 Å². The number of nitrogens with one attached hydrogen (secondary N) is 2. The lowest BCUT2D eigenvalue weighted by Gasteiger charge is -2.31. The first-order chi connectivity index (χ1) is 14.5. The molecular formula is C23H39N5O2. The Morgan fingerprint density at radius 1 is 1.33 bits per heavy atom. The Morgan fingerprint density at radius 3 is 2.87 bits per heavy atom. The number of hydrogen-bond donors (Lipinski definition) is 3. The molecule has 168 valence electrons. The summed E-state index contributed by atoms with van der Waals surface area (Å²) >= 11 is 0. The van der Waals surface area contributed by atoms with Crippen LogP contribution in [0, 0.1) is 11.8 Å². The molecule has 2 rings (SSSR count). The molecule has 1 heterocycles. The first-order valence-corrected chi connectivity index (χ1v) is 11.1. The summed E-state index contributed by atoms with van der Waals surface area (Å²) in [5, 5.41) is 6.70. The minimum Gasteiger partial charge on any atom is -0.381 e. The summed E-state index contributed by atoms with van der Waals surface area (Å²) in [6, 6.07) is 8.56. The van der Waals surface area contributed by atoms with Crippen molar-refractivity contribution < 1.29 is 9.53 Å². The molecule has 1 amide bonds. The number of likely N-dealkylation sites (tertiary alicyclic amines) is 1. The lowest BCUT2D eigenvalue weighted by atomic mass is 9.97. The molecule has 0 bridgehead atoms. The fourth-order valence-electron chi connectivity index (χ4n) is 3.63. The number of amides is 1. The molecule has 4 N–H and O–H groups in total.